The first-order chi connectivity index (χ1) is 8.56. The molecule has 1 aromatic rings. The van der Waals surface area contributed by atoms with Crippen LogP contribution >= 0.6 is 27.5 Å². The Balaban J connectivity index is 2.10. The Hall–Kier alpha value is -0.250. The molecule has 4 heteroatoms. The van der Waals surface area contributed by atoms with Crippen LogP contribution in [0.1, 0.15) is 20.3 Å². The van der Waals surface area contributed by atoms with Gasteiger partial charge < -0.3 is 10.2 Å². The third-order valence-corrected chi connectivity index (χ3v) is 4.17. The van der Waals surface area contributed by atoms with Crippen LogP contribution in [-0.2, 0) is 0 Å². The minimum atomic E-state index is 0.574. The van der Waals surface area contributed by atoms with Crippen LogP contribution in [0.2, 0.25) is 5.02 Å². The van der Waals surface area contributed by atoms with E-state index in [0.717, 1.165) is 35.0 Å². The Bertz CT molecular complexity index is 409. The number of halogens is 2. The largest absolute Gasteiger partial charge is 0.368 e. The topological polar surface area (TPSA) is 15.3 Å². The third kappa shape index (κ3) is 3.62. The number of benzene rings is 1. The SMILES string of the molecule is CC(C)CC1CN(c2cc(Cl)ccc2Br)CCN1. The standard InChI is InChI=1S/C14H20BrClN2/c1-10(2)7-12-9-18(6-5-17-12)14-8-11(16)3-4-13(14)15/h3-4,8,10,12,17H,5-7,9H2,1-2H3. The van der Waals surface area contributed by atoms with Crippen LogP contribution in [0, 0.1) is 5.92 Å². The molecule has 0 spiro atoms. The van der Waals surface area contributed by atoms with Crippen molar-refractivity contribution in [1.29, 1.82) is 0 Å². The average Bonchev–Trinajstić information content (AvgIpc) is 2.32. The first-order valence-corrected chi connectivity index (χ1v) is 7.66. The van der Waals surface area contributed by atoms with E-state index in [1.807, 2.05) is 18.2 Å². The molecule has 1 aliphatic heterocycles. The maximum absolute atomic E-state index is 6.09. The van der Waals surface area contributed by atoms with Crippen molar-refractivity contribution >= 4 is 33.2 Å². The molecule has 1 aromatic carbocycles. The maximum atomic E-state index is 6.09. The van der Waals surface area contributed by atoms with Crippen molar-refractivity contribution < 1.29 is 0 Å². The molecule has 1 saturated heterocycles. The predicted molar refractivity (Wildman–Crippen MR) is 82.6 cm³/mol. The highest BCUT2D eigenvalue weighted by Crippen LogP contribution is 2.30. The van der Waals surface area contributed by atoms with Gasteiger partial charge in [0.05, 0.1) is 5.69 Å². The zero-order valence-electron chi connectivity index (χ0n) is 10.9. The lowest BCUT2D eigenvalue weighted by molar-refractivity contribution is 0.388. The van der Waals surface area contributed by atoms with E-state index < -0.39 is 0 Å². The smallest absolute Gasteiger partial charge is 0.0526 e. The number of nitrogens with one attached hydrogen (secondary N) is 1. The van der Waals surface area contributed by atoms with Gasteiger partial charge in [-0.05, 0) is 46.5 Å². The fourth-order valence-electron chi connectivity index (χ4n) is 2.50. The van der Waals surface area contributed by atoms with Crippen molar-refractivity contribution in [2.24, 2.45) is 5.92 Å². The van der Waals surface area contributed by atoms with E-state index in [2.05, 4.69) is 40.0 Å². The van der Waals surface area contributed by atoms with Crippen molar-refractivity contribution in [3.8, 4) is 0 Å². The van der Waals surface area contributed by atoms with Crippen molar-refractivity contribution in [2.75, 3.05) is 24.5 Å². The van der Waals surface area contributed by atoms with Crippen LogP contribution in [0.25, 0.3) is 0 Å². The first-order valence-electron chi connectivity index (χ1n) is 6.49. The molecule has 2 rings (SSSR count). The van der Waals surface area contributed by atoms with Crippen LogP contribution in [-0.4, -0.2) is 25.7 Å². The van der Waals surface area contributed by atoms with Gasteiger partial charge in [0.1, 0.15) is 0 Å². The molecule has 1 unspecified atom stereocenters. The fraction of sp³-hybridized carbons (Fsp3) is 0.571. The zero-order chi connectivity index (χ0) is 13.1. The van der Waals surface area contributed by atoms with Crippen molar-refractivity contribution in [2.45, 2.75) is 26.3 Å². The molecule has 0 radical (unpaired) electrons. The van der Waals surface area contributed by atoms with Gasteiger partial charge >= 0.3 is 0 Å². The van der Waals surface area contributed by atoms with E-state index in [-0.39, 0.29) is 0 Å². The summed E-state index contributed by atoms with van der Waals surface area (Å²) < 4.78 is 1.12. The summed E-state index contributed by atoms with van der Waals surface area (Å²) in [7, 11) is 0. The lowest BCUT2D eigenvalue weighted by Crippen LogP contribution is -2.51. The van der Waals surface area contributed by atoms with Gasteiger partial charge in [-0.25, -0.2) is 0 Å². The molecular weight excluding hydrogens is 312 g/mol. The molecule has 1 N–H and O–H groups in total. The molecule has 0 aliphatic carbocycles. The Morgan fingerprint density at radius 2 is 2.28 bits per heavy atom. The number of hydrogen-bond acceptors (Lipinski definition) is 2. The molecule has 0 aromatic heterocycles. The second kappa shape index (κ2) is 6.27. The van der Waals surface area contributed by atoms with Gasteiger partial charge in [0.2, 0.25) is 0 Å². The summed E-state index contributed by atoms with van der Waals surface area (Å²) in [6, 6.07) is 6.56. The quantitative estimate of drug-likeness (QED) is 0.903. The fourth-order valence-corrected chi connectivity index (χ4v) is 3.16. The number of piperazine rings is 1. The monoisotopic (exact) mass is 330 g/mol. The first kappa shape index (κ1) is 14.2. The second-order valence-corrected chi connectivity index (χ2v) is 6.61. The Morgan fingerprint density at radius 3 is 3.00 bits per heavy atom. The highest BCUT2D eigenvalue weighted by molar-refractivity contribution is 9.10. The highest BCUT2D eigenvalue weighted by Gasteiger charge is 2.21. The maximum Gasteiger partial charge on any atom is 0.0526 e. The molecular formula is C14H20BrClN2. The number of hydrogen-bond donors (Lipinski definition) is 1. The second-order valence-electron chi connectivity index (χ2n) is 5.32. The highest BCUT2D eigenvalue weighted by atomic mass is 79.9. The van der Waals surface area contributed by atoms with E-state index in [1.165, 1.54) is 12.1 Å². The molecule has 0 bridgehead atoms. The summed E-state index contributed by atoms with van der Waals surface area (Å²) in [5.74, 6) is 0.727. The van der Waals surface area contributed by atoms with Gasteiger partial charge in [-0.15, -0.1) is 0 Å². The lowest BCUT2D eigenvalue weighted by Gasteiger charge is -2.36. The van der Waals surface area contributed by atoms with E-state index in [0.29, 0.717) is 6.04 Å². The van der Waals surface area contributed by atoms with Crippen LogP contribution < -0.4 is 10.2 Å². The summed E-state index contributed by atoms with van der Waals surface area (Å²) in [5, 5.41) is 4.39. The predicted octanol–water partition coefficient (Wildman–Crippen LogP) is 3.93. The summed E-state index contributed by atoms with van der Waals surface area (Å²) in [4.78, 5) is 2.42. The minimum absolute atomic E-state index is 0.574. The van der Waals surface area contributed by atoms with E-state index in [4.69, 9.17) is 11.6 Å². The van der Waals surface area contributed by atoms with Crippen molar-refractivity contribution in [3.63, 3.8) is 0 Å². The minimum Gasteiger partial charge on any atom is -0.368 e. The summed E-state index contributed by atoms with van der Waals surface area (Å²) >= 11 is 9.71. The normalized spacial score (nSPS) is 20.5. The van der Waals surface area contributed by atoms with Gasteiger partial charge in [0, 0.05) is 35.2 Å². The van der Waals surface area contributed by atoms with Crippen molar-refractivity contribution in [3.05, 3.63) is 27.7 Å². The lowest BCUT2D eigenvalue weighted by atomic mass is 10.0. The van der Waals surface area contributed by atoms with Gasteiger partial charge in [0.25, 0.3) is 0 Å². The number of nitrogens with zero attached hydrogens (tertiary/aromatic N) is 1. The number of anilines is 1. The van der Waals surface area contributed by atoms with Crippen LogP contribution in [0.15, 0.2) is 22.7 Å². The molecule has 2 nitrogen and oxygen atoms in total. The van der Waals surface area contributed by atoms with Crippen molar-refractivity contribution in [1.82, 2.24) is 5.32 Å². The molecule has 100 valence electrons. The van der Waals surface area contributed by atoms with Gasteiger partial charge in [-0.3, -0.25) is 0 Å². The van der Waals surface area contributed by atoms with Crippen LogP contribution in [0.4, 0.5) is 5.69 Å². The van der Waals surface area contributed by atoms with Crippen LogP contribution in [0.5, 0.6) is 0 Å². The Labute approximate surface area is 123 Å². The molecule has 0 saturated carbocycles. The molecule has 1 fully saturated rings. The third-order valence-electron chi connectivity index (χ3n) is 3.26. The van der Waals surface area contributed by atoms with Gasteiger partial charge in [-0.2, -0.15) is 0 Å². The molecule has 18 heavy (non-hydrogen) atoms. The molecule has 1 aliphatic rings. The van der Waals surface area contributed by atoms with Gasteiger partial charge in [-0.1, -0.05) is 25.4 Å². The summed E-state index contributed by atoms with van der Waals surface area (Å²) in [6.07, 6.45) is 1.22. The van der Waals surface area contributed by atoms with E-state index in [9.17, 15) is 0 Å². The zero-order valence-corrected chi connectivity index (χ0v) is 13.3. The average molecular weight is 332 g/mol. The van der Waals surface area contributed by atoms with E-state index in [1.54, 1.807) is 0 Å². The number of rotatable bonds is 3. The van der Waals surface area contributed by atoms with E-state index >= 15 is 0 Å². The Kier molecular flexibility index (Phi) is 4.93. The van der Waals surface area contributed by atoms with Gasteiger partial charge in [0.15, 0.2) is 0 Å². The molecule has 1 atom stereocenters. The summed E-state index contributed by atoms with van der Waals surface area (Å²) in [6.45, 7) is 7.67. The molecule has 0 amide bonds. The Morgan fingerprint density at radius 1 is 1.50 bits per heavy atom. The van der Waals surface area contributed by atoms with Crippen LogP contribution in [0.3, 0.4) is 0 Å². The summed E-state index contributed by atoms with van der Waals surface area (Å²) in [5.41, 5.74) is 1.21. The molecule has 1 heterocycles.